The molecule has 4 nitrogen and oxygen atoms in total. The van der Waals surface area contributed by atoms with Crippen LogP contribution in [0.4, 0.5) is 13.2 Å². The first-order chi connectivity index (χ1) is 13.0. The second-order valence-electron chi connectivity index (χ2n) is 6.89. The molecule has 0 unspecified atom stereocenters. The number of allylic oxidation sites excluding steroid dienone is 1. The van der Waals surface area contributed by atoms with Gasteiger partial charge in [-0.15, -0.1) is 0 Å². The molecule has 0 saturated heterocycles. The van der Waals surface area contributed by atoms with Gasteiger partial charge in [0, 0.05) is 6.07 Å². The van der Waals surface area contributed by atoms with E-state index in [1.165, 1.54) is 18.2 Å². The predicted molar refractivity (Wildman–Crippen MR) is 98.3 cm³/mol. The van der Waals surface area contributed by atoms with E-state index in [4.69, 9.17) is 4.74 Å². The van der Waals surface area contributed by atoms with E-state index in [1.807, 2.05) is 0 Å². The van der Waals surface area contributed by atoms with E-state index in [9.17, 15) is 28.2 Å². The number of ketones is 1. The normalized spacial score (nSPS) is 15.3. The lowest BCUT2D eigenvalue weighted by molar-refractivity contribution is -0.137. The summed E-state index contributed by atoms with van der Waals surface area (Å²) in [5.74, 6) is -1.39. The zero-order valence-electron chi connectivity index (χ0n) is 15.0. The van der Waals surface area contributed by atoms with Crippen molar-refractivity contribution in [3.63, 3.8) is 0 Å². The van der Waals surface area contributed by atoms with Crippen molar-refractivity contribution < 1.29 is 32.9 Å². The zero-order chi connectivity index (χ0) is 20.7. The van der Waals surface area contributed by atoms with E-state index >= 15 is 0 Å². The Bertz CT molecular complexity index is 1000. The van der Waals surface area contributed by atoms with E-state index < -0.39 is 28.9 Å². The Hall–Kier alpha value is -3.22. The maximum absolute atomic E-state index is 12.8. The molecule has 2 aromatic carbocycles. The lowest BCUT2D eigenvalue weighted by Crippen LogP contribution is -2.28. The molecule has 0 aliphatic carbocycles. The van der Waals surface area contributed by atoms with Crippen LogP contribution in [-0.2, 0) is 6.18 Å². The first-order valence-corrected chi connectivity index (χ1v) is 8.35. The van der Waals surface area contributed by atoms with Gasteiger partial charge < -0.3 is 14.9 Å². The van der Waals surface area contributed by atoms with E-state index in [0.29, 0.717) is 0 Å². The molecular weight excluding hydrogens is 373 g/mol. The fourth-order valence-electron chi connectivity index (χ4n) is 2.81. The van der Waals surface area contributed by atoms with Crippen molar-refractivity contribution >= 4 is 17.9 Å². The van der Waals surface area contributed by atoms with Crippen LogP contribution in [0.25, 0.3) is 12.2 Å². The van der Waals surface area contributed by atoms with Crippen molar-refractivity contribution in [2.24, 2.45) is 0 Å². The first-order valence-electron chi connectivity index (χ1n) is 8.35. The van der Waals surface area contributed by atoms with E-state index in [2.05, 4.69) is 0 Å². The molecule has 2 aromatic rings. The van der Waals surface area contributed by atoms with Gasteiger partial charge >= 0.3 is 6.18 Å². The quantitative estimate of drug-likeness (QED) is 0.559. The molecule has 1 aliphatic rings. The summed E-state index contributed by atoms with van der Waals surface area (Å²) >= 11 is 0. The highest BCUT2D eigenvalue weighted by molar-refractivity contribution is 6.11. The second-order valence-corrected chi connectivity index (χ2v) is 6.89. The number of hydrogen-bond donors (Lipinski definition) is 2. The van der Waals surface area contributed by atoms with Gasteiger partial charge in [-0.1, -0.05) is 18.2 Å². The Labute approximate surface area is 159 Å². The molecule has 28 heavy (non-hydrogen) atoms. The average molecular weight is 390 g/mol. The van der Waals surface area contributed by atoms with Crippen molar-refractivity contribution in [2.75, 3.05) is 0 Å². The molecule has 7 heteroatoms. The Morgan fingerprint density at radius 3 is 2.54 bits per heavy atom. The van der Waals surface area contributed by atoms with Gasteiger partial charge in [0.1, 0.15) is 28.4 Å². The third kappa shape index (κ3) is 3.88. The number of ether oxygens (including phenoxy) is 1. The van der Waals surface area contributed by atoms with E-state index in [-0.39, 0.29) is 28.2 Å². The molecule has 0 fully saturated rings. The number of phenolic OH excluding ortho intramolecular Hbond substituents is 2. The molecule has 0 bridgehead atoms. The largest absolute Gasteiger partial charge is 0.507 e. The number of halogens is 3. The van der Waals surface area contributed by atoms with Gasteiger partial charge in [0.2, 0.25) is 0 Å². The summed E-state index contributed by atoms with van der Waals surface area (Å²) in [5, 5.41) is 20.2. The number of aromatic hydroxyl groups is 2. The first kappa shape index (κ1) is 19.5. The summed E-state index contributed by atoms with van der Waals surface area (Å²) in [6.45, 7) is 3.47. The number of carbonyl (C=O) groups excluding carboxylic acids is 1. The second kappa shape index (κ2) is 6.74. The summed E-state index contributed by atoms with van der Waals surface area (Å²) in [7, 11) is 0. The molecule has 0 aromatic heterocycles. The van der Waals surface area contributed by atoms with Gasteiger partial charge in [-0.3, -0.25) is 4.79 Å². The number of fused-ring (bicyclic) bond motifs is 1. The predicted octanol–water partition coefficient (Wildman–Crippen LogP) is 5.20. The summed E-state index contributed by atoms with van der Waals surface area (Å²) in [4.78, 5) is 12.7. The van der Waals surface area contributed by atoms with Crippen molar-refractivity contribution in [1.82, 2.24) is 0 Å². The summed E-state index contributed by atoms with van der Waals surface area (Å²) < 4.78 is 44.2. The molecule has 2 N–H and O–H groups in total. The summed E-state index contributed by atoms with van der Waals surface area (Å²) in [6, 6.07) is 5.54. The van der Waals surface area contributed by atoms with Crippen molar-refractivity contribution in [3.05, 3.63) is 64.7 Å². The minimum absolute atomic E-state index is 0.0173. The highest BCUT2D eigenvalue weighted by Crippen LogP contribution is 2.43. The SMILES string of the molecule is CC1(C)C=Cc2c(O)cc(O)c(C(=O)/C=C/c3cccc(C(F)(F)F)c3)c2O1. The molecule has 0 atom stereocenters. The summed E-state index contributed by atoms with van der Waals surface area (Å²) in [5.41, 5.74) is -1.35. The van der Waals surface area contributed by atoms with Crippen LogP contribution in [0.15, 0.2) is 42.5 Å². The highest BCUT2D eigenvalue weighted by atomic mass is 19.4. The zero-order valence-corrected chi connectivity index (χ0v) is 15.0. The Balaban J connectivity index is 1.99. The number of benzene rings is 2. The number of hydrogen-bond acceptors (Lipinski definition) is 4. The maximum Gasteiger partial charge on any atom is 0.416 e. The van der Waals surface area contributed by atoms with Crippen molar-refractivity contribution in [3.8, 4) is 17.2 Å². The monoisotopic (exact) mass is 390 g/mol. The van der Waals surface area contributed by atoms with E-state index in [0.717, 1.165) is 24.3 Å². The molecule has 1 aliphatic heterocycles. The van der Waals surface area contributed by atoms with Crippen LogP contribution in [0.5, 0.6) is 17.2 Å². The lowest BCUT2D eigenvalue weighted by atomic mass is 9.96. The Morgan fingerprint density at radius 2 is 1.86 bits per heavy atom. The molecule has 0 amide bonds. The van der Waals surface area contributed by atoms with Crippen molar-refractivity contribution in [2.45, 2.75) is 25.6 Å². The maximum atomic E-state index is 12.8. The molecule has 0 spiro atoms. The average Bonchev–Trinajstić information content (AvgIpc) is 2.58. The number of carbonyl (C=O) groups is 1. The molecule has 146 valence electrons. The molecule has 1 heterocycles. The smallest absolute Gasteiger partial charge is 0.416 e. The molecule has 0 saturated carbocycles. The van der Waals surface area contributed by atoms with Crippen LogP contribution in [0, 0.1) is 0 Å². The minimum Gasteiger partial charge on any atom is -0.507 e. The summed E-state index contributed by atoms with van der Waals surface area (Å²) in [6.07, 6.45) is 1.06. The van der Waals surface area contributed by atoms with Crippen LogP contribution in [0.2, 0.25) is 0 Å². The highest BCUT2D eigenvalue weighted by Gasteiger charge is 2.31. The van der Waals surface area contributed by atoms with Gasteiger partial charge in [-0.2, -0.15) is 13.2 Å². The third-order valence-corrected chi connectivity index (χ3v) is 4.18. The fourth-order valence-corrected chi connectivity index (χ4v) is 2.81. The van der Waals surface area contributed by atoms with Crippen LogP contribution in [0.3, 0.4) is 0 Å². The standard InChI is InChI=1S/C21H17F3O4/c1-20(2)9-8-14-16(26)11-17(27)18(19(14)28-20)15(25)7-6-12-4-3-5-13(10-12)21(22,23)24/h3-11,26-27H,1-2H3/b7-6+. The third-order valence-electron chi connectivity index (χ3n) is 4.18. The Morgan fingerprint density at radius 1 is 1.14 bits per heavy atom. The van der Waals surface area contributed by atoms with Gasteiger partial charge in [-0.05, 0) is 49.8 Å². The fraction of sp³-hybridized carbons (Fsp3) is 0.190. The van der Waals surface area contributed by atoms with Gasteiger partial charge in [0.25, 0.3) is 0 Å². The number of alkyl halides is 3. The van der Waals surface area contributed by atoms with Crippen LogP contribution in [-0.4, -0.2) is 21.6 Å². The van der Waals surface area contributed by atoms with Crippen molar-refractivity contribution in [1.29, 1.82) is 0 Å². The minimum atomic E-state index is -4.49. The van der Waals surface area contributed by atoms with Crippen LogP contribution >= 0.6 is 0 Å². The topological polar surface area (TPSA) is 66.8 Å². The molecular formula is C21H17F3O4. The van der Waals surface area contributed by atoms with Gasteiger partial charge in [0.15, 0.2) is 5.78 Å². The van der Waals surface area contributed by atoms with Gasteiger partial charge in [-0.25, -0.2) is 0 Å². The molecule has 3 rings (SSSR count). The number of rotatable bonds is 3. The van der Waals surface area contributed by atoms with Crippen LogP contribution < -0.4 is 4.74 Å². The lowest BCUT2D eigenvalue weighted by Gasteiger charge is -2.29. The van der Waals surface area contributed by atoms with Crippen LogP contribution in [0.1, 0.15) is 40.9 Å². The van der Waals surface area contributed by atoms with Gasteiger partial charge in [0.05, 0.1) is 11.1 Å². The Kier molecular flexibility index (Phi) is 4.71. The molecule has 0 radical (unpaired) electrons. The number of phenols is 2. The van der Waals surface area contributed by atoms with E-state index in [1.54, 1.807) is 26.0 Å².